The molecule has 3 N–H and O–H groups in total. The highest BCUT2D eigenvalue weighted by molar-refractivity contribution is 7.14. The average molecular weight is 348 g/mol. The standard InChI is InChI=1S/C16H16N2O5S/c1-10(15(21)18-16-12(14(17)20)7-8-24-16)23-13(19)9-22-11-5-3-2-4-6-11/h2-8,10H,9H2,1H3,(H2,17,20)(H,18,21)/t10-/m0/s1. The first-order valence-corrected chi connectivity index (χ1v) is 7.91. The zero-order valence-corrected chi connectivity index (χ0v) is 13.7. The van der Waals surface area contributed by atoms with E-state index in [-0.39, 0.29) is 12.2 Å². The summed E-state index contributed by atoms with van der Waals surface area (Å²) in [5, 5.41) is 4.45. The van der Waals surface area contributed by atoms with Crippen molar-refractivity contribution in [1.29, 1.82) is 0 Å². The van der Waals surface area contributed by atoms with Crippen LogP contribution in [0, 0.1) is 0 Å². The molecule has 0 fully saturated rings. The summed E-state index contributed by atoms with van der Waals surface area (Å²) in [4.78, 5) is 34.9. The molecule has 0 saturated heterocycles. The molecule has 2 rings (SSSR count). The first-order chi connectivity index (χ1) is 11.5. The van der Waals surface area contributed by atoms with Crippen molar-refractivity contribution in [3.8, 4) is 5.75 Å². The maximum Gasteiger partial charge on any atom is 0.344 e. The fraction of sp³-hybridized carbons (Fsp3) is 0.188. The van der Waals surface area contributed by atoms with Crippen molar-refractivity contribution in [2.75, 3.05) is 11.9 Å². The molecule has 0 aliphatic carbocycles. The predicted octanol–water partition coefficient (Wildman–Crippen LogP) is 1.80. The number of hydrogen-bond acceptors (Lipinski definition) is 6. The van der Waals surface area contributed by atoms with Crippen LogP contribution in [0.15, 0.2) is 41.8 Å². The number of para-hydroxylation sites is 1. The number of ether oxygens (including phenoxy) is 2. The monoisotopic (exact) mass is 348 g/mol. The van der Waals surface area contributed by atoms with Crippen molar-refractivity contribution in [2.45, 2.75) is 13.0 Å². The number of esters is 1. The topological polar surface area (TPSA) is 108 Å². The summed E-state index contributed by atoms with van der Waals surface area (Å²) in [7, 11) is 0. The zero-order chi connectivity index (χ0) is 17.5. The first-order valence-electron chi connectivity index (χ1n) is 7.03. The highest BCUT2D eigenvalue weighted by Crippen LogP contribution is 2.22. The fourth-order valence-corrected chi connectivity index (χ4v) is 2.55. The molecule has 1 aromatic carbocycles. The lowest BCUT2D eigenvalue weighted by molar-refractivity contribution is -0.155. The molecule has 0 aliphatic heterocycles. The Hall–Kier alpha value is -2.87. The quantitative estimate of drug-likeness (QED) is 0.742. The predicted molar refractivity (Wildman–Crippen MR) is 89.0 cm³/mol. The minimum absolute atomic E-state index is 0.208. The van der Waals surface area contributed by atoms with Gasteiger partial charge in [0.15, 0.2) is 12.7 Å². The Morgan fingerprint density at radius 3 is 2.58 bits per heavy atom. The Labute approximate surface area is 142 Å². The second kappa shape index (κ2) is 8.11. The normalized spacial score (nSPS) is 11.4. The first kappa shape index (κ1) is 17.5. The average Bonchev–Trinajstić information content (AvgIpc) is 3.02. The zero-order valence-electron chi connectivity index (χ0n) is 12.9. The Morgan fingerprint density at radius 1 is 1.21 bits per heavy atom. The number of hydrogen-bond donors (Lipinski definition) is 2. The van der Waals surface area contributed by atoms with Crippen molar-refractivity contribution < 1.29 is 23.9 Å². The lowest BCUT2D eigenvalue weighted by Gasteiger charge is -2.13. The fourth-order valence-electron chi connectivity index (χ4n) is 1.76. The van der Waals surface area contributed by atoms with Crippen LogP contribution in [0.2, 0.25) is 0 Å². The van der Waals surface area contributed by atoms with Crippen molar-refractivity contribution in [3.05, 3.63) is 47.3 Å². The van der Waals surface area contributed by atoms with Crippen molar-refractivity contribution in [2.24, 2.45) is 5.73 Å². The van der Waals surface area contributed by atoms with Crippen LogP contribution in [0.5, 0.6) is 5.75 Å². The van der Waals surface area contributed by atoms with Gasteiger partial charge in [-0.15, -0.1) is 11.3 Å². The number of carbonyl (C=O) groups excluding carboxylic acids is 3. The van der Waals surface area contributed by atoms with Crippen LogP contribution in [-0.2, 0) is 14.3 Å². The maximum absolute atomic E-state index is 12.0. The highest BCUT2D eigenvalue weighted by atomic mass is 32.1. The van der Waals surface area contributed by atoms with Crippen LogP contribution in [0.1, 0.15) is 17.3 Å². The third kappa shape index (κ3) is 4.82. The minimum Gasteiger partial charge on any atom is -0.482 e. The maximum atomic E-state index is 12.0. The van der Waals surface area contributed by atoms with Gasteiger partial charge in [-0.25, -0.2) is 4.79 Å². The second-order valence-corrected chi connectivity index (χ2v) is 5.67. The molecule has 1 atom stereocenters. The minimum atomic E-state index is -1.04. The highest BCUT2D eigenvalue weighted by Gasteiger charge is 2.20. The number of carbonyl (C=O) groups is 3. The van der Waals surface area contributed by atoms with E-state index in [2.05, 4.69) is 5.32 Å². The third-order valence-electron chi connectivity index (χ3n) is 2.94. The van der Waals surface area contributed by atoms with Crippen LogP contribution in [0.3, 0.4) is 0 Å². The molecule has 24 heavy (non-hydrogen) atoms. The molecule has 0 unspecified atom stereocenters. The molecule has 8 heteroatoms. The van der Waals surface area contributed by atoms with Crippen LogP contribution in [0.4, 0.5) is 5.00 Å². The van der Waals surface area contributed by atoms with Gasteiger partial charge in [0, 0.05) is 0 Å². The lowest BCUT2D eigenvalue weighted by Crippen LogP contribution is -2.32. The molecule has 0 saturated carbocycles. The van der Waals surface area contributed by atoms with Gasteiger partial charge >= 0.3 is 5.97 Å². The van der Waals surface area contributed by atoms with Gasteiger partial charge in [0.2, 0.25) is 0 Å². The second-order valence-electron chi connectivity index (χ2n) is 4.75. The number of nitrogens with one attached hydrogen (secondary N) is 1. The van der Waals surface area contributed by atoms with Gasteiger partial charge in [0.1, 0.15) is 10.8 Å². The lowest BCUT2D eigenvalue weighted by atomic mass is 10.3. The Morgan fingerprint density at radius 2 is 1.92 bits per heavy atom. The number of amides is 2. The van der Waals surface area contributed by atoms with Crippen molar-refractivity contribution >= 4 is 34.1 Å². The molecule has 7 nitrogen and oxygen atoms in total. The molecular formula is C16H16N2O5S. The van der Waals surface area contributed by atoms with Crippen LogP contribution < -0.4 is 15.8 Å². The smallest absolute Gasteiger partial charge is 0.344 e. The summed E-state index contributed by atoms with van der Waals surface area (Å²) < 4.78 is 10.2. The van der Waals surface area contributed by atoms with E-state index in [1.807, 2.05) is 6.07 Å². The number of nitrogens with two attached hydrogens (primary N) is 1. The Balaban J connectivity index is 1.83. The summed E-state index contributed by atoms with van der Waals surface area (Å²) in [6.45, 7) is 1.11. The summed E-state index contributed by atoms with van der Waals surface area (Å²) in [6, 6.07) is 10.3. The van der Waals surface area contributed by atoms with Crippen LogP contribution >= 0.6 is 11.3 Å². The molecule has 0 bridgehead atoms. The SMILES string of the molecule is C[C@H](OC(=O)COc1ccccc1)C(=O)Nc1sccc1C(N)=O. The molecule has 0 spiro atoms. The van der Waals surface area contributed by atoms with Gasteiger partial charge < -0.3 is 20.5 Å². The number of anilines is 1. The third-order valence-corrected chi connectivity index (χ3v) is 3.77. The van der Waals surface area contributed by atoms with Gasteiger partial charge in [0.05, 0.1) is 5.56 Å². The molecule has 1 aromatic heterocycles. The number of benzene rings is 1. The van der Waals surface area contributed by atoms with Crippen molar-refractivity contribution in [1.82, 2.24) is 0 Å². The van der Waals surface area contributed by atoms with Crippen LogP contribution in [-0.4, -0.2) is 30.5 Å². The molecule has 2 aromatic rings. The number of thiophene rings is 1. The molecule has 126 valence electrons. The van der Waals surface area contributed by atoms with Gasteiger partial charge in [-0.05, 0) is 30.5 Å². The summed E-state index contributed by atoms with van der Waals surface area (Å²) in [5.41, 5.74) is 5.41. The Bertz CT molecular complexity index is 729. The largest absolute Gasteiger partial charge is 0.482 e. The van der Waals surface area contributed by atoms with Gasteiger partial charge in [-0.2, -0.15) is 0 Å². The summed E-state index contributed by atoms with van der Waals surface area (Å²) in [5.74, 6) is -1.36. The van der Waals surface area contributed by atoms with Gasteiger partial charge in [0.25, 0.3) is 11.8 Å². The van der Waals surface area contributed by atoms with Crippen molar-refractivity contribution in [3.63, 3.8) is 0 Å². The van der Waals surface area contributed by atoms with E-state index < -0.39 is 23.9 Å². The number of rotatable bonds is 7. The van der Waals surface area contributed by atoms with Gasteiger partial charge in [-0.1, -0.05) is 18.2 Å². The summed E-state index contributed by atoms with van der Waals surface area (Å²) >= 11 is 1.15. The van der Waals surface area contributed by atoms with Gasteiger partial charge in [-0.3, -0.25) is 9.59 Å². The van der Waals surface area contributed by atoms with E-state index in [0.29, 0.717) is 10.8 Å². The van der Waals surface area contributed by atoms with E-state index in [0.717, 1.165) is 11.3 Å². The van der Waals surface area contributed by atoms with E-state index in [9.17, 15) is 14.4 Å². The molecule has 0 radical (unpaired) electrons. The molecule has 2 amide bonds. The molecular weight excluding hydrogens is 332 g/mol. The Kier molecular flexibility index (Phi) is 5.91. The van der Waals surface area contributed by atoms with E-state index in [4.69, 9.17) is 15.2 Å². The summed E-state index contributed by atoms with van der Waals surface area (Å²) in [6.07, 6.45) is -1.04. The van der Waals surface area contributed by atoms with E-state index >= 15 is 0 Å². The van der Waals surface area contributed by atoms with E-state index in [1.165, 1.54) is 13.0 Å². The van der Waals surface area contributed by atoms with E-state index in [1.54, 1.807) is 29.6 Å². The molecule has 0 aliphatic rings. The van der Waals surface area contributed by atoms with Crippen LogP contribution in [0.25, 0.3) is 0 Å². The number of primary amides is 1. The molecule has 1 heterocycles.